The molecule has 4 heteroatoms. The second-order valence-corrected chi connectivity index (χ2v) is 13.6. The van der Waals surface area contributed by atoms with Crippen molar-refractivity contribution in [3.8, 4) is 11.4 Å². The van der Waals surface area contributed by atoms with E-state index in [4.69, 9.17) is 0 Å². The third kappa shape index (κ3) is 6.63. The summed E-state index contributed by atoms with van der Waals surface area (Å²) in [4.78, 5) is 4.52. The van der Waals surface area contributed by atoms with E-state index in [0.717, 1.165) is 11.0 Å². The average molecular weight is 802 g/mol. The first kappa shape index (κ1) is 34.4. The summed E-state index contributed by atoms with van der Waals surface area (Å²) in [7, 11) is 0. The smallest absolute Gasteiger partial charge is 0.269 e. The maximum atomic E-state index is 4.52. The van der Waals surface area contributed by atoms with Crippen LogP contribution in [0, 0.1) is 6.33 Å². The van der Waals surface area contributed by atoms with Gasteiger partial charge in [0.05, 0.1) is 22.4 Å². The molecule has 0 aliphatic carbocycles. The van der Waals surface area contributed by atoms with E-state index >= 15 is 0 Å². The largest absolute Gasteiger partial charge is 0.657 e. The summed E-state index contributed by atoms with van der Waals surface area (Å²) in [6.07, 6.45) is 3.84. The van der Waals surface area contributed by atoms with Crippen LogP contribution in [0.1, 0.15) is 101 Å². The average Bonchev–Trinajstić information content (AvgIpc) is 3.63. The van der Waals surface area contributed by atoms with E-state index in [1.165, 1.54) is 55.4 Å². The molecule has 0 saturated heterocycles. The fourth-order valence-electron chi connectivity index (χ4n) is 6.66. The molecule has 0 unspecified atom stereocenters. The summed E-state index contributed by atoms with van der Waals surface area (Å²) in [5.41, 5.74) is 12.6. The van der Waals surface area contributed by atoms with Crippen LogP contribution >= 0.6 is 0 Å². The molecule has 5 aromatic carbocycles. The minimum atomic E-state index is 0. The van der Waals surface area contributed by atoms with Gasteiger partial charge in [-0.25, -0.2) is 0 Å². The van der Waals surface area contributed by atoms with Crippen LogP contribution in [0.5, 0.6) is 0 Å². The van der Waals surface area contributed by atoms with E-state index < -0.39 is 0 Å². The number of nitrogens with zero attached hydrogens (tertiary/aromatic N) is 3. The monoisotopic (exact) mass is 801 g/mol. The van der Waals surface area contributed by atoms with E-state index in [2.05, 4.69) is 173 Å². The van der Waals surface area contributed by atoms with E-state index in [9.17, 15) is 0 Å². The molecular formula is C43H46AuN3-. The van der Waals surface area contributed by atoms with Crippen molar-refractivity contribution in [3.63, 3.8) is 0 Å². The van der Waals surface area contributed by atoms with Gasteiger partial charge in [-0.3, -0.25) is 9.13 Å². The van der Waals surface area contributed by atoms with Crippen LogP contribution in [-0.2, 0) is 22.4 Å². The molecule has 0 saturated carbocycles. The minimum Gasteiger partial charge on any atom is -0.657 e. The number of hydrogen-bond donors (Lipinski definition) is 0. The van der Waals surface area contributed by atoms with Gasteiger partial charge in [0.15, 0.2) is 0 Å². The summed E-state index contributed by atoms with van der Waals surface area (Å²) in [5.74, 6) is 1.71. The fraction of sp³-hybridized carbons (Fsp3) is 0.279. The molecular weight excluding hydrogens is 755 g/mol. The minimum absolute atomic E-state index is 0. The maximum Gasteiger partial charge on any atom is 0.269 e. The molecule has 7 aromatic rings. The van der Waals surface area contributed by atoms with Crippen molar-refractivity contribution >= 4 is 32.8 Å². The topological polar surface area (TPSA) is 22.9 Å². The molecule has 3 nitrogen and oxygen atoms in total. The Hall–Kier alpha value is -3.89. The molecule has 0 atom stereocenters. The first-order valence-electron chi connectivity index (χ1n) is 16.8. The summed E-state index contributed by atoms with van der Waals surface area (Å²) in [6, 6.07) is 38.8. The molecule has 0 aliphatic heterocycles. The normalized spacial score (nSPS) is 11.6. The van der Waals surface area contributed by atoms with Gasteiger partial charge in [-0.05, 0) is 56.7 Å². The van der Waals surface area contributed by atoms with Gasteiger partial charge in [-0.1, -0.05) is 165 Å². The summed E-state index contributed by atoms with van der Waals surface area (Å²) in [6.45, 7) is 18.3. The van der Waals surface area contributed by atoms with Crippen LogP contribution < -0.4 is 9.55 Å². The van der Waals surface area contributed by atoms with Crippen LogP contribution in [0.4, 0.5) is 0 Å². The van der Waals surface area contributed by atoms with Gasteiger partial charge >= 0.3 is 0 Å². The van der Waals surface area contributed by atoms with Crippen molar-refractivity contribution in [3.05, 3.63) is 138 Å². The summed E-state index contributed by atoms with van der Waals surface area (Å²) < 4.78 is 4.64. The molecule has 1 radical (unpaired) electrons. The van der Waals surface area contributed by atoms with E-state index in [1.807, 2.05) is 12.1 Å². The standard InChI is InChI=1S/C31H38N2.C12H8N.Au/c1-20(2)24-13-11-14-25(21(3)4)30(24)32-19-33(29-18-10-9-17-28(29)32)31-26(22(5)6)15-12-16-27(31)23(7)8;1-3-7-11-9(5-1)10-6-2-4-8-12(10)13-11;/h9-18,20-23H,1-8H3;1-8H;/q;-1;. The first-order chi connectivity index (χ1) is 22.2. The second-order valence-electron chi connectivity index (χ2n) is 13.6. The SMILES string of the molecule is CC(C)c1cccc(C(C)C)c1-n1[c-][n+](-c2c(C(C)C)cccc2C(C)C)c2ccccc21.[Au].c1ccc2c(c1)[n-]c1ccccc12. The number of benzene rings is 5. The van der Waals surface area contributed by atoms with E-state index in [0.29, 0.717) is 23.7 Å². The third-order valence-electron chi connectivity index (χ3n) is 9.03. The molecule has 0 N–H and O–H groups in total. The third-order valence-corrected chi connectivity index (χ3v) is 9.03. The Morgan fingerprint density at radius 2 is 0.936 bits per heavy atom. The molecule has 0 bridgehead atoms. The number of imidazole rings is 1. The molecule has 245 valence electrons. The Morgan fingerprint density at radius 3 is 1.43 bits per heavy atom. The van der Waals surface area contributed by atoms with Gasteiger partial charge in [-0.15, -0.1) is 11.0 Å². The van der Waals surface area contributed by atoms with Gasteiger partial charge in [0, 0.05) is 22.4 Å². The number of fused-ring (bicyclic) bond motifs is 4. The van der Waals surface area contributed by atoms with Crippen LogP contribution in [0.3, 0.4) is 0 Å². The fourth-order valence-corrected chi connectivity index (χ4v) is 6.66. The first-order valence-corrected chi connectivity index (χ1v) is 16.8. The van der Waals surface area contributed by atoms with Gasteiger partial charge < -0.3 is 4.98 Å². The Kier molecular flexibility index (Phi) is 10.6. The van der Waals surface area contributed by atoms with Crippen LogP contribution in [0.25, 0.3) is 44.2 Å². The molecule has 7 rings (SSSR count). The van der Waals surface area contributed by atoms with Crippen molar-refractivity contribution in [2.75, 3.05) is 0 Å². The summed E-state index contributed by atoms with van der Waals surface area (Å²) >= 11 is 0. The number of hydrogen-bond acceptors (Lipinski definition) is 0. The van der Waals surface area contributed by atoms with Crippen molar-refractivity contribution in [2.24, 2.45) is 0 Å². The van der Waals surface area contributed by atoms with Gasteiger partial charge in [0.1, 0.15) is 0 Å². The quantitative estimate of drug-likeness (QED) is 0.0933. The van der Waals surface area contributed by atoms with Gasteiger partial charge in [-0.2, -0.15) is 0 Å². The second kappa shape index (κ2) is 14.5. The Bertz CT molecular complexity index is 1930. The predicted molar refractivity (Wildman–Crippen MR) is 195 cm³/mol. The molecule has 0 amide bonds. The zero-order valence-electron chi connectivity index (χ0n) is 28.8. The van der Waals surface area contributed by atoms with Crippen molar-refractivity contribution in [1.29, 1.82) is 0 Å². The zero-order chi connectivity index (χ0) is 32.5. The van der Waals surface area contributed by atoms with Crippen LogP contribution in [0.15, 0.2) is 109 Å². The van der Waals surface area contributed by atoms with E-state index in [-0.39, 0.29) is 22.4 Å². The predicted octanol–water partition coefficient (Wildman–Crippen LogP) is 11.1. The van der Waals surface area contributed by atoms with Crippen molar-refractivity contribution in [2.45, 2.75) is 79.1 Å². The number of para-hydroxylation sites is 6. The number of aromatic nitrogens is 3. The van der Waals surface area contributed by atoms with Crippen LogP contribution in [-0.4, -0.2) is 4.57 Å². The molecule has 47 heavy (non-hydrogen) atoms. The van der Waals surface area contributed by atoms with Crippen molar-refractivity contribution in [1.82, 2.24) is 9.55 Å². The molecule has 0 fully saturated rings. The van der Waals surface area contributed by atoms with Crippen molar-refractivity contribution < 1.29 is 26.9 Å². The Labute approximate surface area is 296 Å². The van der Waals surface area contributed by atoms with E-state index in [1.54, 1.807) is 0 Å². The summed E-state index contributed by atoms with van der Waals surface area (Å²) in [5, 5.41) is 2.50. The molecule has 0 spiro atoms. The Balaban J connectivity index is 0.000000256. The van der Waals surface area contributed by atoms with Gasteiger partial charge in [0.25, 0.3) is 6.33 Å². The maximum absolute atomic E-state index is 4.52. The molecule has 2 heterocycles. The molecule has 0 aliphatic rings. The number of rotatable bonds is 6. The zero-order valence-corrected chi connectivity index (χ0v) is 31.0. The van der Waals surface area contributed by atoms with Gasteiger partial charge in [0.2, 0.25) is 0 Å². The molecule has 2 aromatic heterocycles. The van der Waals surface area contributed by atoms with Crippen LogP contribution in [0.2, 0.25) is 0 Å². The Morgan fingerprint density at radius 1 is 0.511 bits per heavy atom.